The van der Waals surface area contributed by atoms with Gasteiger partial charge in [-0.15, -0.1) is 0 Å². The van der Waals surface area contributed by atoms with Gasteiger partial charge in [0.2, 0.25) is 11.6 Å². The number of benzene rings is 3. The number of amides is 1. The van der Waals surface area contributed by atoms with Crippen molar-refractivity contribution in [1.82, 2.24) is 4.90 Å². The maximum Gasteiger partial charge on any atom is 0.230 e. The predicted molar refractivity (Wildman–Crippen MR) is 195 cm³/mol. The van der Waals surface area contributed by atoms with Gasteiger partial charge in [-0.05, 0) is 104 Å². The average molecular weight is 723 g/mol. The van der Waals surface area contributed by atoms with E-state index in [-0.39, 0.29) is 37.6 Å². The number of nitrogens with two attached hydrogens (primary N) is 1. The highest BCUT2D eigenvalue weighted by Crippen LogP contribution is 2.34. The molecular weight excluding hydrogens is 677 g/mol. The monoisotopic (exact) mass is 721 g/mol. The van der Waals surface area contributed by atoms with E-state index in [0.29, 0.717) is 59.2 Å². The first kappa shape index (κ1) is 37.2. The van der Waals surface area contributed by atoms with Crippen molar-refractivity contribution in [3.05, 3.63) is 122 Å². The molecule has 11 heteroatoms. The van der Waals surface area contributed by atoms with Crippen LogP contribution in [-0.2, 0) is 35.5 Å². The first-order valence-electron chi connectivity index (χ1n) is 17.0. The fourth-order valence-corrected chi connectivity index (χ4v) is 6.52. The number of halogens is 2. The highest BCUT2D eigenvalue weighted by atomic mass is 35.5. The fourth-order valence-electron chi connectivity index (χ4n) is 5.81. The minimum atomic E-state index is -0.369. The molecule has 4 aromatic rings. The molecule has 0 aliphatic heterocycles. The molecule has 1 aromatic heterocycles. The van der Waals surface area contributed by atoms with Gasteiger partial charge in [0, 0.05) is 45.0 Å². The van der Waals surface area contributed by atoms with E-state index in [2.05, 4.69) is 6.07 Å². The second-order valence-electron chi connectivity index (χ2n) is 12.6. The summed E-state index contributed by atoms with van der Waals surface area (Å²) in [6.45, 7) is 3.98. The number of ether oxygens (including phenoxy) is 4. The highest BCUT2D eigenvalue weighted by molar-refractivity contribution is 6.37. The van der Waals surface area contributed by atoms with E-state index in [9.17, 15) is 10.0 Å². The van der Waals surface area contributed by atoms with Crippen molar-refractivity contribution in [2.24, 2.45) is 11.7 Å². The summed E-state index contributed by atoms with van der Waals surface area (Å²) in [6, 6.07) is 22.8. The number of pyridine rings is 1. The third kappa shape index (κ3) is 10.7. The maximum atomic E-state index is 14.0. The number of hydrogen-bond donors (Lipinski definition) is 1. The summed E-state index contributed by atoms with van der Waals surface area (Å²) in [4.78, 5) is 16.0. The Morgan fingerprint density at radius 1 is 0.920 bits per heavy atom. The Bertz CT molecular complexity index is 1690. The van der Waals surface area contributed by atoms with Gasteiger partial charge in [-0.3, -0.25) is 4.79 Å². The molecule has 50 heavy (non-hydrogen) atoms. The lowest BCUT2D eigenvalue weighted by Crippen LogP contribution is -2.41. The number of aromatic nitrogens is 1. The van der Waals surface area contributed by atoms with Gasteiger partial charge in [-0.2, -0.15) is 4.73 Å². The molecule has 5 rings (SSSR count). The Kier molecular flexibility index (Phi) is 13.6. The molecule has 0 saturated heterocycles. The highest BCUT2D eigenvalue weighted by Gasteiger charge is 2.35. The molecule has 0 bridgehead atoms. The number of nitrogens with zero attached hydrogens (tertiary/aromatic N) is 2. The largest absolute Gasteiger partial charge is 0.618 e. The third-order valence-electron chi connectivity index (χ3n) is 8.53. The van der Waals surface area contributed by atoms with Crippen molar-refractivity contribution in [3.8, 4) is 17.2 Å². The zero-order valence-electron chi connectivity index (χ0n) is 28.6. The topological polar surface area (TPSA) is 110 Å². The van der Waals surface area contributed by atoms with Crippen molar-refractivity contribution >= 4 is 29.1 Å². The fraction of sp³-hybridized carbons (Fsp3) is 0.385. The quantitative estimate of drug-likeness (QED) is 0.0640. The van der Waals surface area contributed by atoms with Gasteiger partial charge in [0.05, 0.1) is 16.0 Å². The Morgan fingerprint density at radius 2 is 1.64 bits per heavy atom. The van der Waals surface area contributed by atoms with Gasteiger partial charge in [-0.25, -0.2) is 0 Å². The SMILES string of the molecule is COCCCc1cc(CN(C(=O)C(CN)Cc2ccc(OCCOc3c(Cl)cc(C)cc3Cl)cc2)C2CC2)cc(OCc2cccc[n+]2[O-])c1. The van der Waals surface area contributed by atoms with Gasteiger partial charge in [0.1, 0.15) is 24.7 Å². The van der Waals surface area contributed by atoms with Crippen LogP contribution >= 0.6 is 23.2 Å². The van der Waals surface area contributed by atoms with Crippen LogP contribution in [0.25, 0.3) is 0 Å². The van der Waals surface area contributed by atoms with Crippen LogP contribution in [-0.4, -0.2) is 50.3 Å². The molecular formula is C39H45Cl2N3O6. The molecule has 1 aliphatic carbocycles. The zero-order chi connectivity index (χ0) is 35.5. The standard InChI is InChI=1S/C39H45Cl2N3O6/c1-27-18-36(40)38(37(41)19-27)49-17-16-48-34-12-8-28(9-13-34)21-31(24-42)39(45)43(32-10-11-32)25-30-20-29(6-5-15-47-2)22-35(23-30)50-26-33-7-3-4-14-44(33)46/h3-4,7-9,12-14,18-20,22-23,31-32H,5-6,10-11,15-17,21,24-26,42H2,1-2H3. The number of hydrogen-bond acceptors (Lipinski definition) is 7. The average Bonchev–Trinajstić information content (AvgIpc) is 3.94. The van der Waals surface area contributed by atoms with Crippen LogP contribution in [0.1, 0.15) is 47.2 Å². The van der Waals surface area contributed by atoms with Crippen LogP contribution in [0.4, 0.5) is 0 Å². The first-order valence-corrected chi connectivity index (χ1v) is 17.7. The van der Waals surface area contributed by atoms with Gasteiger partial charge in [0.15, 0.2) is 18.6 Å². The minimum absolute atomic E-state index is 0.0461. The Balaban J connectivity index is 1.20. The number of methoxy groups -OCH3 is 1. The van der Waals surface area contributed by atoms with Crippen LogP contribution in [0.2, 0.25) is 10.0 Å². The lowest BCUT2D eigenvalue weighted by molar-refractivity contribution is -0.616. The second-order valence-corrected chi connectivity index (χ2v) is 13.4. The molecule has 9 nitrogen and oxygen atoms in total. The van der Waals surface area contributed by atoms with E-state index in [4.69, 9.17) is 47.9 Å². The number of rotatable bonds is 19. The smallest absolute Gasteiger partial charge is 0.230 e. The summed E-state index contributed by atoms with van der Waals surface area (Å²) in [6.07, 6.45) is 5.57. The van der Waals surface area contributed by atoms with Crippen molar-refractivity contribution in [2.45, 2.75) is 58.2 Å². The van der Waals surface area contributed by atoms with Crippen LogP contribution in [0.3, 0.4) is 0 Å². The molecule has 2 N–H and O–H groups in total. The number of carbonyl (C=O) groups excluding carboxylic acids is 1. The normalized spacial score (nSPS) is 13.1. The van der Waals surface area contributed by atoms with E-state index in [1.807, 2.05) is 54.3 Å². The van der Waals surface area contributed by atoms with Gasteiger partial charge in [-0.1, -0.05) is 41.4 Å². The van der Waals surface area contributed by atoms with Crippen LogP contribution in [0, 0.1) is 18.0 Å². The molecule has 1 heterocycles. The Morgan fingerprint density at radius 3 is 2.32 bits per heavy atom. The lowest BCUT2D eigenvalue weighted by atomic mass is 9.97. The van der Waals surface area contributed by atoms with Gasteiger partial charge < -0.3 is 34.8 Å². The first-order chi connectivity index (χ1) is 24.2. The Hall–Kier alpha value is -4.02. The third-order valence-corrected chi connectivity index (χ3v) is 9.10. The minimum Gasteiger partial charge on any atom is -0.618 e. The summed E-state index contributed by atoms with van der Waals surface area (Å²) in [5.41, 5.74) is 10.8. The second kappa shape index (κ2) is 18.3. The molecule has 1 atom stereocenters. The van der Waals surface area contributed by atoms with Crippen molar-refractivity contribution in [3.63, 3.8) is 0 Å². The molecule has 1 aliphatic rings. The molecule has 1 amide bonds. The van der Waals surface area contributed by atoms with Gasteiger partial charge >= 0.3 is 0 Å². The summed E-state index contributed by atoms with van der Waals surface area (Å²) in [5.74, 6) is 1.47. The predicted octanol–water partition coefficient (Wildman–Crippen LogP) is 6.86. The van der Waals surface area contributed by atoms with E-state index in [1.54, 1.807) is 31.4 Å². The molecule has 1 unspecified atom stereocenters. The van der Waals surface area contributed by atoms with Gasteiger partial charge in [0.25, 0.3) is 0 Å². The summed E-state index contributed by atoms with van der Waals surface area (Å²) in [7, 11) is 1.69. The molecule has 0 spiro atoms. The lowest BCUT2D eigenvalue weighted by Gasteiger charge is -2.27. The summed E-state index contributed by atoms with van der Waals surface area (Å²) < 4.78 is 23.8. The number of carbonyl (C=O) groups is 1. The van der Waals surface area contributed by atoms with E-state index < -0.39 is 0 Å². The molecule has 0 radical (unpaired) electrons. The van der Waals surface area contributed by atoms with Crippen molar-refractivity contribution in [2.75, 3.05) is 33.5 Å². The summed E-state index contributed by atoms with van der Waals surface area (Å²) in [5, 5.41) is 13.1. The molecule has 1 fully saturated rings. The van der Waals surface area contributed by atoms with Crippen LogP contribution < -0.4 is 24.7 Å². The van der Waals surface area contributed by atoms with E-state index in [1.165, 1.54) is 6.20 Å². The summed E-state index contributed by atoms with van der Waals surface area (Å²) >= 11 is 12.5. The van der Waals surface area contributed by atoms with Crippen LogP contribution in [0.15, 0.2) is 79.0 Å². The van der Waals surface area contributed by atoms with Crippen LogP contribution in [0.5, 0.6) is 17.2 Å². The van der Waals surface area contributed by atoms with E-state index >= 15 is 0 Å². The zero-order valence-corrected chi connectivity index (χ0v) is 30.1. The number of aryl methyl sites for hydroxylation is 2. The Labute approximate surface area is 304 Å². The van der Waals surface area contributed by atoms with E-state index in [0.717, 1.165) is 52.7 Å². The maximum absolute atomic E-state index is 14.0. The molecule has 1 saturated carbocycles. The molecule has 266 valence electrons. The molecule has 3 aromatic carbocycles. The van der Waals surface area contributed by atoms with Crippen molar-refractivity contribution < 1.29 is 28.5 Å². The van der Waals surface area contributed by atoms with Crippen molar-refractivity contribution in [1.29, 1.82) is 0 Å².